The van der Waals surface area contributed by atoms with Crippen molar-refractivity contribution < 1.29 is 9.15 Å². The lowest BCUT2D eigenvalue weighted by Crippen LogP contribution is -2.18. The molecule has 0 saturated carbocycles. The molecule has 4 heteroatoms. The summed E-state index contributed by atoms with van der Waals surface area (Å²) in [7, 11) is 3.63. The lowest BCUT2D eigenvalue weighted by atomic mass is 10.0. The van der Waals surface area contributed by atoms with Gasteiger partial charge in [-0.2, -0.15) is 0 Å². The van der Waals surface area contributed by atoms with Crippen molar-refractivity contribution in [1.29, 1.82) is 0 Å². The third-order valence-electron chi connectivity index (χ3n) is 3.16. The number of furan rings is 1. The predicted molar refractivity (Wildman–Crippen MR) is 79.6 cm³/mol. The Morgan fingerprint density at radius 3 is 2.68 bits per heavy atom. The molecule has 1 atom stereocenters. The number of aryl methyl sites for hydroxylation is 1. The van der Waals surface area contributed by atoms with Gasteiger partial charge in [-0.25, -0.2) is 0 Å². The zero-order valence-corrected chi connectivity index (χ0v) is 13.0. The van der Waals surface area contributed by atoms with Gasteiger partial charge in [0.1, 0.15) is 11.5 Å². The number of rotatable bonds is 5. The van der Waals surface area contributed by atoms with Crippen LogP contribution in [0.5, 0.6) is 5.75 Å². The molecule has 0 aliphatic carbocycles. The van der Waals surface area contributed by atoms with E-state index in [-0.39, 0.29) is 6.04 Å². The SMILES string of the molecule is CNC(Cc1ccc(OC)c(Br)c1)c1coc(C)c1. The van der Waals surface area contributed by atoms with Crippen molar-refractivity contribution in [3.05, 3.63) is 51.9 Å². The number of methoxy groups -OCH3 is 1. The van der Waals surface area contributed by atoms with E-state index in [9.17, 15) is 0 Å². The second-order valence-corrected chi connectivity index (χ2v) is 5.36. The average Bonchev–Trinajstić information content (AvgIpc) is 2.82. The Hall–Kier alpha value is -1.26. The van der Waals surface area contributed by atoms with E-state index in [1.807, 2.05) is 26.3 Å². The van der Waals surface area contributed by atoms with Gasteiger partial charge in [0.25, 0.3) is 0 Å². The molecular weight excluding hydrogens is 306 g/mol. The van der Waals surface area contributed by atoms with Crippen molar-refractivity contribution in [3.8, 4) is 5.75 Å². The van der Waals surface area contributed by atoms with Gasteiger partial charge in [0.05, 0.1) is 17.8 Å². The predicted octanol–water partition coefficient (Wildman–Crippen LogP) is 3.86. The van der Waals surface area contributed by atoms with E-state index in [0.717, 1.165) is 22.4 Å². The molecule has 1 heterocycles. The highest BCUT2D eigenvalue weighted by atomic mass is 79.9. The van der Waals surface area contributed by atoms with Crippen LogP contribution in [0.4, 0.5) is 0 Å². The van der Waals surface area contributed by atoms with Gasteiger partial charge in [-0.3, -0.25) is 0 Å². The van der Waals surface area contributed by atoms with Crippen molar-refractivity contribution in [2.45, 2.75) is 19.4 Å². The van der Waals surface area contributed by atoms with Crippen LogP contribution < -0.4 is 10.1 Å². The van der Waals surface area contributed by atoms with Crippen LogP contribution in [0, 0.1) is 6.92 Å². The molecule has 1 aromatic heterocycles. The second-order valence-electron chi connectivity index (χ2n) is 4.50. The molecule has 2 rings (SSSR count). The third kappa shape index (κ3) is 3.39. The summed E-state index contributed by atoms with van der Waals surface area (Å²) in [5, 5.41) is 3.32. The van der Waals surface area contributed by atoms with Crippen LogP contribution in [0.15, 0.2) is 39.4 Å². The Labute approximate surface area is 122 Å². The fraction of sp³-hybridized carbons (Fsp3) is 0.333. The minimum atomic E-state index is 0.248. The second kappa shape index (κ2) is 6.26. The van der Waals surface area contributed by atoms with E-state index in [1.165, 1.54) is 11.1 Å². The van der Waals surface area contributed by atoms with Crippen LogP contribution in [0.1, 0.15) is 22.9 Å². The van der Waals surface area contributed by atoms with E-state index in [4.69, 9.17) is 9.15 Å². The summed E-state index contributed by atoms with van der Waals surface area (Å²) >= 11 is 3.52. The normalized spacial score (nSPS) is 12.4. The number of nitrogens with one attached hydrogen (secondary N) is 1. The first-order valence-corrected chi connectivity index (χ1v) is 6.98. The number of hydrogen-bond donors (Lipinski definition) is 1. The van der Waals surface area contributed by atoms with Gasteiger partial charge in [-0.05, 0) is 60.1 Å². The molecule has 1 aromatic carbocycles. The molecule has 19 heavy (non-hydrogen) atoms. The summed E-state index contributed by atoms with van der Waals surface area (Å²) in [5.41, 5.74) is 2.41. The molecule has 102 valence electrons. The van der Waals surface area contributed by atoms with Crippen molar-refractivity contribution in [2.75, 3.05) is 14.2 Å². The maximum Gasteiger partial charge on any atom is 0.133 e. The highest BCUT2D eigenvalue weighted by Gasteiger charge is 2.13. The first-order chi connectivity index (χ1) is 9.13. The first-order valence-electron chi connectivity index (χ1n) is 6.18. The van der Waals surface area contributed by atoms with E-state index in [0.29, 0.717) is 0 Å². The number of hydrogen-bond acceptors (Lipinski definition) is 3. The fourth-order valence-electron chi connectivity index (χ4n) is 2.11. The third-order valence-corrected chi connectivity index (χ3v) is 3.78. The standard InChI is InChI=1S/C15H18BrNO2/c1-10-6-12(9-19-10)14(17-2)8-11-4-5-15(18-3)13(16)7-11/h4-7,9,14,17H,8H2,1-3H3. The van der Waals surface area contributed by atoms with Gasteiger partial charge in [-0.1, -0.05) is 6.07 Å². The summed E-state index contributed by atoms with van der Waals surface area (Å²) in [4.78, 5) is 0. The maximum absolute atomic E-state index is 5.38. The van der Waals surface area contributed by atoms with Crippen LogP contribution in [0.3, 0.4) is 0 Å². The number of likely N-dealkylation sites (N-methyl/N-ethyl adjacent to an activating group) is 1. The number of benzene rings is 1. The Kier molecular flexibility index (Phi) is 4.66. The highest BCUT2D eigenvalue weighted by molar-refractivity contribution is 9.10. The van der Waals surface area contributed by atoms with Crippen molar-refractivity contribution >= 4 is 15.9 Å². The minimum absolute atomic E-state index is 0.248. The summed E-state index contributed by atoms with van der Waals surface area (Å²) in [6.45, 7) is 1.96. The smallest absolute Gasteiger partial charge is 0.133 e. The molecule has 2 aromatic rings. The Bertz CT molecular complexity index is 551. The topological polar surface area (TPSA) is 34.4 Å². The minimum Gasteiger partial charge on any atom is -0.496 e. The van der Waals surface area contributed by atoms with Crippen molar-refractivity contribution in [3.63, 3.8) is 0 Å². The maximum atomic E-state index is 5.38. The fourth-order valence-corrected chi connectivity index (χ4v) is 2.69. The molecule has 0 bridgehead atoms. The van der Waals surface area contributed by atoms with Crippen molar-refractivity contribution in [1.82, 2.24) is 5.32 Å². The summed E-state index contributed by atoms with van der Waals surface area (Å²) in [5.74, 6) is 1.79. The first kappa shape index (κ1) is 14.2. The molecule has 0 saturated heterocycles. The monoisotopic (exact) mass is 323 g/mol. The number of ether oxygens (including phenoxy) is 1. The van der Waals surface area contributed by atoms with Crippen LogP contribution in [0.25, 0.3) is 0 Å². The molecule has 0 amide bonds. The Balaban J connectivity index is 2.16. The Morgan fingerprint density at radius 1 is 1.37 bits per heavy atom. The van der Waals surface area contributed by atoms with Gasteiger partial charge in [0, 0.05) is 11.6 Å². The van der Waals surface area contributed by atoms with Crippen molar-refractivity contribution in [2.24, 2.45) is 0 Å². The molecule has 3 nitrogen and oxygen atoms in total. The van der Waals surface area contributed by atoms with Crippen LogP contribution in [-0.2, 0) is 6.42 Å². The number of halogens is 1. The zero-order chi connectivity index (χ0) is 13.8. The molecule has 0 aliphatic rings. The molecule has 1 unspecified atom stereocenters. The van der Waals surface area contributed by atoms with Crippen LogP contribution in [0.2, 0.25) is 0 Å². The van der Waals surface area contributed by atoms with Crippen LogP contribution >= 0.6 is 15.9 Å². The molecule has 0 spiro atoms. The lowest BCUT2D eigenvalue weighted by Gasteiger charge is -2.15. The van der Waals surface area contributed by atoms with E-state index in [2.05, 4.69) is 39.4 Å². The van der Waals surface area contributed by atoms with Gasteiger partial charge in [-0.15, -0.1) is 0 Å². The molecule has 1 N–H and O–H groups in total. The average molecular weight is 324 g/mol. The van der Waals surface area contributed by atoms with Gasteiger partial charge in [0.15, 0.2) is 0 Å². The van der Waals surface area contributed by atoms with Crippen LogP contribution in [-0.4, -0.2) is 14.2 Å². The van der Waals surface area contributed by atoms with E-state index in [1.54, 1.807) is 7.11 Å². The summed E-state index contributed by atoms with van der Waals surface area (Å²) in [6, 6.07) is 8.47. The summed E-state index contributed by atoms with van der Waals surface area (Å²) < 4.78 is 11.6. The Morgan fingerprint density at radius 2 is 2.16 bits per heavy atom. The highest BCUT2D eigenvalue weighted by Crippen LogP contribution is 2.28. The van der Waals surface area contributed by atoms with Gasteiger partial charge >= 0.3 is 0 Å². The lowest BCUT2D eigenvalue weighted by molar-refractivity contribution is 0.412. The van der Waals surface area contributed by atoms with E-state index < -0.39 is 0 Å². The van der Waals surface area contributed by atoms with Gasteiger partial charge in [0.2, 0.25) is 0 Å². The zero-order valence-electron chi connectivity index (χ0n) is 11.4. The molecule has 0 radical (unpaired) electrons. The quantitative estimate of drug-likeness (QED) is 0.907. The van der Waals surface area contributed by atoms with E-state index >= 15 is 0 Å². The summed E-state index contributed by atoms with van der Waals surface area (Å²) in [6.07, 6.45) is 2.72. The van der Waals surface area contributed by atoms with Gasteiger partial charge < -0.3 is 14.5 Å². The molecule has 0 aliphatic heterocycles. The molecular formula is C15H18BrNO2. The molecule has 0 fully saturated rings. The largest absolute Gasteiger partial charge is 0.496 e.